The topological polar surface area (TPSA) is 58.6 Å². The van der Waals surface area contributed by atoms with E-state index in [4.69, 9.17) is 4.74 Å². The van der Waals surface area contributed by atoms with E-state index >= 15 is 0 Å². The Kier molecular flexibility index (Phi) is 7.43. The molecule has 2 aromatic rings. The molecule has 0 heterocycles. The number of benzene rings is 2. The van der Waals surface area contributed by atoms with Crippen LogP contribution in [0.4, 0.5) is 0 Å². The third-order valence-corrected chi connectivity index (χ3v) is 4.58. The van der Waals surface area contributed by atoms with E-state index in [0.717, 1.165) is 16.7 Å². The Bertz CT molecular complexity index is 838. The molecule has 0 radical (unpaired) electrons. The molecule has 0 aromatic heterocycles. The average Bonchev–Trinajstić information content (AvgIpc) is 2.64. The second-order valence-electron chi connectivity index (χ2n) is 8.48. The molecule has 0 aliphatic carbocycles. The van der Waals surface area contributed by atoms with Crippen LogP contribution in [0, 0.1) is 13.8 Å². The summed E-state index contributed by atoms with van der Waals surface area (Å²) in [6.45, 7) is 11.7. The van der Waals surface area contributed by atoms with Crippen LogP contribution in [0.15, 0.2) is 48.5 Å². The Labute approximate surface area is 174 Å². The van der Waals surface area contributed by atoms with Crippen molar-refractivity contribution in [1.29, 1.82) is 0 Å². The third-order valence-electron chi connectivity index (χ3n) is 4.58. The Morgan fingerprint density at radius 2 is 1.66 bits per heavy atom. The highest BCUT2D eigenvalue weighted by molar-refractivity contribution is 5.88. The van der Waals surface area contributed by atoms with Crippen LogP contribution in [0.1, 0.15) is 44.4 Å². The SMILES string of the molecule is Cc1ccc(CN(C(=O)COc2ccccc2C)[C@H](C)C(=O)NC(C)(C)C)cc1. The van der Waals surface area contributed by atoms with Crippen molar-refractivity contribution in [1.82, 2.24) is 10.2 Å². The lowest BCUT2D eigenvalue weighted by Crippen LogP contribution is -2.53. The van der Waals surface area contributed by atoms with Crippen LogP contribution in [0.5, 0.6) is 5.75 Å². The van der Waals surface area contributed by atoms with Gasteiger partial charge in [-0.3, -0.25) is 9.59 Å². The van der Waals surface area contributed by atoms with Gasteiger partial charge in [0.05, 0.1) is 0 Å². The Morgan fingerprint density at radius 1 is 1.03 bits per heavy atom. The summed E-state index contributed by atoms with van der Waals surface area (Å²) in [5.74, 6) is 0.252. The molecule has 1 atom stereocenters. The zero-order valence-corrected chi connectivity index (χ0v) is 18.3. The highest BCUT2D eigenvalue weighted by Crippen LogP contribution is 2.17. The first-order valence-corrected chi connectivity index (χ1v) is 9.92. The van der Waals surface area contributed by atoms with Crippen LogP contribution >= 0.6 is 0 Å². The third kappa shape index (κ3) is 6.93. The van der Waals surface area contributed by atoms with E-state index in [1.165, 1.54) is 0 Å². The summed E-state index contributed by atoms with van der Waals surface area (Å²) in [5.41, 5.74) is 2.70. The quantitative estimate of drug-likeness (QED) is 0.769. The van der Waals surface area contributed by atoms with E-state index < -0.39 is 6.04 Å². The van der Waals surface area contributed by atoms with Gasteiger partial charge in [0.15, 0.2) is 6.61 Å². The fourth-order valence-electron chi connectivity index (χ4n) is 2.89. The molecule has 0 aliphatic heterocycles. The van der Waals surface area contributed by atoms with Crippen molar-refractivity contribution in [3.63, 3.8) is 0 Å². The molecule has 0 bridgehead atoms. The van der Waals surface area contributed by atoms with Crippen LogP contribution < -0.4 is 10.1 Å². The summed E-state index contributed by atoms with van der Waals surface area (Å²) < 4.78 is 5.74. The average molecular weight is 397 g/mol. The van der Waals surface area contributed by atoms with Crippen molar-refractivity contribution < 1.29 is 14.3 Å². The molecule has 5 nitrogen and oxygen atoms in total. The highest BCUT2D eigenvalue weighted by Gasteiger charge is 2.28. The maximum Gasteiger partial charge on any atom is 0.261 e. The van der Waals surface area contributed by atoms with Crippen molar-refractivity contribution >= 4 is 11.8 Å². The van der Waals surface area contributed by atoms with Gasteiger partial charge in [0, 0.05) is 12.1 Å². The van der Waals surface area contributed by atoms with Gasteiger partial charge in [-0.1, -0.05) is 48.0 Å². The van der Waals surface area contributed by atoms with Gasteiger partial charge >= 0.3 is 0 Å². The van der Waals surface area contributed by atoms with Crippen molar-refractivity contribution in [2.75, 3.05) is 6.61 Å². The number of hydrogen-bond donors (Lipinski definition) is 1. The van der Waals surface area contributed by atoms with E-state index in [-0.39, 0.29) is 24.0 Å². The van der Waals surface area contributed by atoms with Crippen molar-refractivity contribution in [3.05, 3.63) is 65.2 Å². The Hall–Kier alpha value is -2.82. The monoisotopic (exact) mass is 396 g/mol. The number of para-hydroxylation sites is 1. The molecule has 29 heavy (non-hydrogen) atoms. The van der Waals surface area contributed by atoms with Crippen LogP contribution in [0.25, 0.3) is 0 Å². The first kappa shape index (κ1) is 22.5. The normalized spacial score (nSPS) is 12.2. The predicted octanol–water partition coefficient (Wildman–Crippen LogP) is 4.01. The number of nitrogens with one attached hydrogen (secondary N) is 1. The van der Waals surface area contributed by atoms with Gasteiger partial charge in [0.2, 0.25) is 5.91 Å². The number of carbonyl (C=O) groups excluding carboxylic acids is 2. The standard InChI is InChI=1S/C24H32N2O3/c1-17-11-13-20(14-12-17)15-26(19(3)23(28)25-24(4,5)6)22(27)16-29-21-10-8-7-9-18(21)2/h7-14,19H,15-16H2,1-6H3,(H,25,28)/t19-/m1/s1. The molecule has 156 valence electrons. The summed E-state index contributed by atoms with van der Waals surface area (Å²) in [6.07, 6.45) is 0. The largest absolute Gasteiger partial charge is 0.484 e. The lowest BCUT2D eigenvalue weighted by molar-refractivity contribution is -0.142. The molecule has 0 unspecified atom stereocenters. The minimum atomic E-state index is -0.622. The Morgan fingerprint density at radius 3 is 2.24 bits per heavy atom. The molecule has 5 heteroatoms. The molecule has 0 aliphatic rings. The van der Waals surface area contributed by atoms with E-state index in [9.17, 15) is 9.59 Å². The first-order valence-electron chi connectivity index (χ1n) is 9.92. The first-order chi connectivity index (χ1) is 13.6. The molecule has 2 aromatic carbocycles. The van der Waals surface area contributed by atoms with Crippen LogP contribution in [-0.2, 0) is 16.1 Å². The van der Waals surface area contributed by atoms with E-state index in [0.29, 0.717) is 12.3 Å². The number of hydrogen-bond acceptors (Lipinski definition) is 3. The van der Waals surface area contributed by atoms with Crippen LogP contribution in [-0.4, -0.2) is 34.9 Å². The maximum absolute atomic E-state index is 13.0. The minimum absolute atomic E-state index is 0.121. The smallest absolute Gasteiger partial charge is 0.261 e. The lowest BCUT2D eigenvalue weighted by Gasteiger charge is -2.31. The number of amides is 2. The van der Waals surface area contributed by atoms with E-state index in [1.54, 1.807) is 11.8 Å². The minimum Gasteiger partial charge on any atom is -0.484 e. The molecule has 2 amide bonds. The van der Waals surface area contributed by atoms with Gasteiger partial charge in [0.25, 0.3) is 5.91 Å². The Balaban J connectivity index is 2.18. The molecule has 1 N–H and O–H groups in total. The molecule has 0 saturated heterocycles. The summed E-state index contributed by atoms with van der Waals surface area (Å²) >= 11 is 0. The van der Waals surface area contributed by atoms with Gasteiger partial charge in [-0.05, 0) is 58.7 Å². The van der Waals surface area contributed by atoms with Gasteiger partial charge in [-0.25, -0.2) is 0 Å². The highest BCUT2D eigenvalue weighted by atomic mass is 16.5. The van der Waals surface area contributed by atoms with Crippen LogP contribution in [0.2, 0.25) is 0 Å². The second kappa shape index (κ2) is 9.59. The van der Waals surface area contributed by atoms with Crippen LogP contribution in [0.3, 0.4) is 0 Å². The molecule has 0 fully saturated rings. The fraction of sp³-hybridized carbons (Fsp3) is 0.417. The summed E-state index contributed by atoms with van der Waals surface area (Å²) in [4.78, 5) is 27.3. The van der Waals surface area contributed by atoms with Crippen molar-refractivity contribution in [2.45, 2.75) is 59.7 Å². The van der Waals surface area contributed by atoms with Crippen molar-refractivity contribution in [2.24, 2.45) is 0 Å². The van der Waals surface area contributed by atoms with Gasteiger partial charge in [0.1, 0.15) is 11.8 Å². The second-order valence-corrected chi connectivity index (χ2v) is 8.48. The lowest BCUT2D eigenvalue weighted by atomic mass is 10.1. The zero-order valence-electron chi connectivity index (χ0n) is 18.3. The summed E-state index contributed by atoms with van der Waals surface area (Å²) in [7, 11) is 0. The van der Waals surface area contributed by atoms with E-state index in [2.05, 4.69) is 5.32 Å². The predicted molar refractivity (Wildman–Crippen MR) is 116 cm³/mol. The summed E-state index contributed by atoms with van der Waals surface area (Å²) in [6, 6.07) is 14.9. The zero-order chi connectivity index (χ0) is 21.6. The number of carbonyl (C=O) groups is 2. The van der Waals surface area contributed by atoms with Gasteiger partial charge in [-0.2, -0.15) is 0 Å². The summed E-state index contributed by atoms with van der Waals surface area (Å²) in [5, 5.41) is 2.96. The van der Waals surface area contributed by atoms with Gasteiger partial charge in [-0.15, -0.1) is 0 Å². The molecular formula is C24H32N2O3. The van der Waals surface area contributed by atoms with Crippen molar-refractivity contribution in [3.8, 4) is 5.75 Å². The number of aryl methyl sites for hydroxylation is 2. The number of ether oxygens (including phenoxy) is 1. The molecule has 0 spiro atoms. The fourth-order valence-corrected chi connectivity index (χ4v) is 2.89. The number of nitrogens with zero attached hydrogens (tertiary/aromatic N) is 1. The molecule has 2 rings (SSSR count). The molecule has 0 saturated carbocycles. The van der Waals surface area contributed by atoms with Gasteiger partial charge < -0.3 is 15.0 Å². The molecular weight excluding hydrogens is 364 g/mol. The number of rotatable bonds is 7. The van der Waals surface area contributed by atoms with E-state index in [1.807, 2.05) is 83.1 Å². The maximum atomic E-state index is 13.0.